The van der Waals surface area contributed by atoms with Crippen LogP contribution < -0.4 is 4.72 Å². The minimum absolute atomic E-state index is 0.0607. The highest BCUT2D eigenvalue weighted by Gasteiger charge is 2.33. The summed E-state index contributed by atoms with van der Waals surface area (Å²) >= 11 is 6.12. The van der Waals surface area contributed by atoms with Crippen molar-refractivity contribution in [1.29, 1.82) is 0 Å². The summed E-state index contributed by atoms with van der Waals surface area (Å²) in [6.07, 6.45) is -4.65. The van der Waals surface area contributed by atoms with E-state index in [1.54, 1.807) is 11.6 Å². The van der Waals surface area contributed by atoms with Crippen LogP contribution in [0.15, 0.2) is 33.9 Å². The van der Waals surface area contributed by atoms with E-state index in [2.05, 4.69) is 0 Å². The molecule has 4 nitrogen and oxygen atoms in total. The molecule has 0 spiro atoms. The summed E-state index contributed by atoms with van der Waals surface area (Å²) in [5.74, 6) is -0.943. The Balaban J connectivity index is 2.27. The summed E-state index contributed by atoms with van der Waals surface area (Å²) in [4.78, 5) is 12.0. The van der Waals surface area contributed by atoms with E-state index in [0.29, 0.717) is 33.4 Å². The Morgan fingerprint density at radius 3 is 2.43 bits per heavy atom. The number of alkyl halides is 3. The van der Waals surface area contributed by atoms with Crippen LogP contribution in [0.2, 0.25) is 5.02 Å². The summed E-state index contributed by atoms with van der Waals surface area (Å²) in [5, 5.41) is 1.04. The average Bonchev–Trinajstić information content (AvgIpc) is 2.87. The lowest BCUT2D eigenvalue weighted by atomic mass is 10.1. The molecule has 1 aromatic heterocycles. The van der Waals surface area contributed by atoms with Gasteiger partial charge in [0.25, 0.3) is 15.9 Å². The number of benzene rings is 1. The van der Waals surface area contributed by atoms with Crippen molar-refractivity contribution in [1.82, 2.24) is 4.72 Å². The van der Waals surface area contributed by atoms with Gasteiger partial charge in [-0.05, 0) is 36.8 Å². The molecule has 0 aliphatic carbocycles. The number of hydrogen-bond acceptors (Lipinski definition) is 4. The number of hydrogen-bond donors (Lipinski definition) is 1. The summed E-state index contributed by atoms with van der Waals surface area (Å²) in [6.45, 7) is 1.56. The number of aryl methyl sites for hydroxylation is 1. The molecule has 0 radical (unpaired) electrons. The molecule has 1 amide bonds. The zero-order chi connectivity index (χ0) is 17.4. The summed E-state index contributed by atoms with van der Waals surface area (Å²) in [5.41, 5.74) is -0.587. The maximum Gasteiger partial charge on any atom is 0.417 e. The van der Waals surface area contributed by atoms with Crippen molar-refractivity contribution in [3.63, 3.8) is 0 Å². The quantitative estimate of drug-likeness (QED) is 0.875. The Labute approximate surface area is 138 Å². The van der Waals surface area contributed by atoms with Gasteiger partial charge in [0.15, 0.2) is 0 Å². The molecule has 1 N–H and O–H groups in total. The van der Waals surface area contributed by atoms with Crippen LogP contribution in [0.1, 0.15) is 21.5 Å². The van der Waals surface area contributed by atoms with Crippen molar-refractivity contribution in [2.45, 2.75) is 17.3 Å². The first kappa shape index (κ1) is 17.8. The SMILES string of the molecule is Cc1cc(Cl)ccc1C(=O)NS(=O)(=O)c1cc(C(F)(F)F)cs1. The van der Waals surface area contributed by atoms with Crippen LogP contribution in [0.25, 0.3) is 0 Å². The molecule has 1 aromatic carbocycles. The number of nitrogens with one attached hydrogen (secondary N) is 1. The minimum atomic E-state index is -4.65. The Kier molecular flexibility index (Phi) is 4.74. The van der Waals surface area contributed by atoms with E-state index < -0.39 is 31.9 Å². The normalized spacial score (nSPS) is 12.2. The number of carbonyl (C=O) groups excluding carboxylic acids is 1. The first-order valence-electron chi connectivity index (χ1n) is 6.00. The number of carbonyl (C=O) groups is 1. The van der Waals surface area contributed by atoms with Crippen molar-refractivity contribution >= 4 is 38.9 Å². The fraction of sp³-hybridized carbons (Fsp3) is 0.154. The number of sulfonamides is 1. The second kappa shape index (κ2) is 6.14. The van der Waals surface area contributed by atoms with Crippen LogP contribution >= 0.6 is 22.9 Å². The average molecular weight is 384 g/mol. The molecule has 0 saturated carbocycles. The lowest BCUT2D eigenvalue weighted by Crippen LogP contribution is -2.30. The Morgan fingerprint density at radius 2 is 1.91 bits per heavy atom. The van der Waals surface area contributed by atoms with Gasteiger partial charge in [-0.15, -0.1) is 11.3 Å². The molecule has 0 aliphatic rings. The maximum absolute atomic E-state index is 12.5. The monoisotopic (exact) mass is 383 g/mol. The van der Waals surface area contributed by atoms with E-state index in [-0.39, 0.29) is 5.56 Å². The third-order valence-corrected chi connectivity index (χ3v) is 5.83. The Bertz CT molecular complexity index is 860. The molecule has 0 unspecified atom stereocenters. The van der Waals surface area contributed by atoms with Crippen molar-refractivity contribution < 1.29 is 26.4 Å². The summed E-state index contributed by atoms with van der Waals surface area (Å²) in [7, 11) is -4.39. The molecule has 124 valence electrons. The lowest BCUT2D eigenvalue weighted by Gasteiger charge is -2.08. The standard InChI is InChI=1S/C13H9ClF3NO3S2/c1-7-4-9(14)2-3-10(7)12(19)18-23(20,21)11-5-8(6-22-11)13(15,16)17/h2-6H,1H3,(H,18,19). The number of amides is 1. The first-order valence-corrected chi connectivity index (χ1v) is 8.74. The van der Waals surface area contributed by atoms with Gasteiger partial charge < -0.3 is 0 Å². The Morgan fingerprint density at radius 1 is 1.26 bits per heavy atom. The van der Waals surface area contributed by atoms with Gasteiger partial charge in [0, 0.05) is 16.0 Å². The van der Waals surface area contributed by atoms with Gasteiger partial charge in [-0.3, -0.25) is 4.79 Å². The molecule has 0 bridgehead atoms. The molecule has 10 heteroatoms. The molecule has 2 rings (SSSR count). The van der Waals surface area contributed by atoms with Crippen LogP contribution in [0.4, 0.5) is 13.2 Å². The van der Waals surface area contributed by atoms with E-state index in [9.17, 15) is 26.4 Å². The molecule has 23 heavy (non-hydrogen) atoms. The van der Waals surface area contributed by atoms with Crippen LogP contribution in [0.3, 0.4) is 0 Å². The highest BCUT2D eigenvalue weighted by Crippen LogP contribution is 2.34. The third-order valence-electron chi connectivity index (χ3n) is 2.83. The molecule has 0 aliphatic heterocycles. The van der Waals surface area contributed by atoms with Gasteiger partial charge in [-0.2, -0.15) is 13.2 Å². The zero-order valence-corrected chi connectivity index (χ0v) is 13.8. The largest absolute Gasteiger partial charge is 0.417 e. The molecule has 1 heterocycles. The van der Waals surface area contributed by atoms with Gasteiger partial charge in [0.05, 0.1) is 5.56 Å². The highest BCUT2D eigenvalue weighted by molar-refractivity contribution is 7.92. The molecule has 0 saturated heterocycles. The van der Waals surface area contributed by atoms with Gasteiger partial charge in [0.2, 0.25) is 0 Å². The van der Waals surface area contributed by atoms with Crippen LogP contribution in [-0.4, -0.2) is 14.3 Å². The number of halogens is 4. The minimum Gasteiger partial charge on any atom is -0.268 e. The number of rotatable bonds is 3. The third kappa shape index (κ3) is 4.04. The van der Waals surface area contributed by atoms with Gasteiger partial charge >= 0.3 is 6.18 Å². The smallest absolute Gasteiger partial charge is 0.268 e. The molecule has 2 aromatic rings. The number of thiophene rings is 1. The van der Waals surface area contributed by atoms with Crippen molar-refractivity contribution in [2.24, 2.45) is 0 Å². The summed E-state index contributed by atoms with van der Waals surface area (Å²) in [6, 6.07) is 4.69. The lowest BCUT2D eigenvalue weighted by molar-refractivity contribution is -0.137. The van der Waals surface area contributed by atoms with Crippen LogP contribution in [0.5, 0.6) is 0 Å². The van der Waals surface area contributed by atoms with E-state index in [1.807, 2.05) is 0 Å². The van der Waals surface area contributed by atoms with E-state index in [4.69, 9.17) is 11.6 Å². The fourth-order valence-electron chi connectivity index (χ4n) is 1.72. The first-order chi connectivity index (χ1) is 10.5. The highest BCUT2D eigenvalue weighted by atomic mass is 35.5. The zero-order valence-electron chi connectivity index (χ0n) is 11.4. The Hall–Kier alpha value is -1.58. The van der Waals surface area contributed by atoms with Crippen molar-refractivity contribution in [2.75, 3.05) is 0 Å². The molecular weight excluding hydrogens is 375 g/mol. The van der Waals surface area contributed by atoms with E-state index in [1.165, 1.54) is 18.2 Å². The van der Waals surface area contributed by atoms with Gasteiger partial charge in [0.1, 0.15) is 4.21 Å². The molecule has 0 fully saturated rings. The predicted molar refractivity (Wildman–Crippen MR) is 80.2 cm³/mol. The van der Waals surface area contributed by atoms with Crippen LogP contribution in [0, 0.1) is 6.92 Å². The molecule has 0 atom stereocenters. The molecular formula is C13H9ClF3NO3S2. The van der Waals surface area contributed by atoms with E-state index in [0.717, 1.165) is 0 Å². The van der Waals surface area contributed by atoms with Crippen molar-refractivity contribution in [3.8, 4) is 0 Å². The topological polar surface area (TPSA) is 63.2 Å². The van der Waals surface area contributed by atoms with E-state index >= 15 is 0 Å². The van der Waals surface area contributed by atoms with Crippen molar-refractivity contribution in [3.05, 3.63) is 51.4 Å². The summed E-state index contributed by atoms with van der Waals surface area (Å²) < 4.78 is 62.8. The second-order valence-corrected chi connectivity index (χ2v) is 7.80. The maximum atomic E-state index is 12.5. The van der Waals surface area contributed by atoms with Gasteiger partial charge in [-0.25, -0.2) is 13.1 Å². The van der Waals surface area contributed by atoms with Crippen LogP contribution in [-0.2, 0) is 16.2 Å². The second-order valence-electron chi connectivity index (χ2n) is 4.55. The van der Waals surface area contributed by atoms with Gasteiger partial charge in [-0.1, -0.05) is 11.6 Å². The predicted octanol–water partition coefficient (Wildman–Crippen LogP) is 3.85. The fourth-order valence-corrected chi connectivity index (χ4v) is 4.09.